The van der Waals surface area contributed by atoms with E-state index in [-0.39, 0.29) is 6.10 Å². The Kier molecular flexibility index (Phi) is 4.30. The number of tetrazole rings is 1. The first-order valence-corrected chi connectivity index (χ1v) is 8.02. The van der Waals surface area contributed by atoms with Crippen molar-refractivity contribution in [3.8, 4) is 0 Å². The predicted molar refractivity (Wildman–Crippen MR) is 88.5 cm³/mol. The second kappa shape index (κ2) is 6.90. The van der Waals surface area contributed by atoms with Crippen LogP contribution in [0, 0.1) is 0 Å². The first-order chi connectivity index (χ1) is 11.9. The molecule has 3 heterocycles. The van der Waals surface area contributed by atoms with E-state index in [1.165, 1.54) is 5.56 Å². The molecule has 0 saturated carbocycles. The quantitative estimate of drug-likeness (QED) is 0.744. The van der Waals surface area contributed by atoms with E-state index in [1.807, 2.05) is 6.07 Å². The number of aromatic nitrogens is 5. The van der Waals surface area contributed by atoms with Gasteiger partial charge in [0, 0.05) is 26.2 Å². The molecule has 8 nitrogen and oxygen atoms in total. The van der Waals surface area contributed by atoms with Crippen LogP contribution in [0.15, 0.2) is 42.7 Å². The van der Waals surface area contributed by atoms with E-state index in [0.717, 1.165) is 32.1 Å². The van der Waals surface area contributed by atoms with Gasteiger partial charge in [-0.3, -0.25) is 9.88 Å². The maximum absolute atomic E-state index is 5.88. The van der Waals surface area contributed by atoms with Crippen molar-refractivity contribution in [2.45, 2.75) is 12.6 Å². The molecule has 0 bridgehead atoms. The van der Waals surface area contributed by atoms with Gasteiger partial charge in [0.15, 0.2) is 11.5 Å². The normalized spacial score (nSPS) is 18.8. The van der Waals surface area contributed by atoms with Crippen LogP contribution < -0.4 is 5.32 Å². The third kappa shape index (κ3) is 3.34. The molecule has 24 heavy (non-hydrogen) atoms. The zero-order chi connectivity index (χ0) is 16.2. The Morgan fingerprint density at radius 3 is 3.04 bits per heavy atom. The summed E-state index contributed by atoms with van der Waals surface area (Å²) in [5, 5.41) is 14.8. The lowest BCUT2D eigenvalue weighted by Gasteiger charge is -2.33. The minimum Gasteiger partial charge on any atom is -0.374 e. The summed E-state index contributed by atoms with van der Waals surface area (Å²) >= 11 is 0. The van der Waals surface area contributed by atoms with Crippen LogP contribution in [-0.4, -0.2) is 62.3 Å². The van der Waals surface area contributed by atoms with E-state index in [0.29, 0.717) is 12.2 Å². The van der Waals surface area contributed by atoms with E-state index in [9.17, 15) is 0 Å². The van der Waals surface area contributed by atoms with Crippen molar-refractivity contribution in [2.24, 2.45) is 0 Å². The monoisotopic (exact) mass is 325 g/mol. The van der Waals surface area contributed by atoms with Crippen LogP contribution in [0.25, 0.3) is 5.65 Å². The molecule has 8 heteroatoms. The molecule has 1 saturated heterocycles. The highest BCUT2D eigenvalue weighted by Crippen LogP contribution is 2.12. The van der Waals surface area contributed by atoms with Crippen molar-refractivity contribution in [2.75, 3.05) is 31.6 Å². The van der Waals surface area contributed by atoms with E-state index >= 15 is 0 Å². The molecule has 2 aromatic heterocycles. The molecular formula is C16H19N7O. The van der Waals surface area contributed by atoms with Gasteiger partial charge in [-0.2, -0.15) is 4.52 Å². The molecule has 1 aliphatic heterocycles. The summed E-state index contributed by atoms with van der Waals surface area (Å²) in [7, 11) is 0. The highest BCUT2D eigenvalue weighted by atomic mass is 16.5. The zero-order valence-corrected chi connectivity index (χ0v) is 13.2. The van der Waals surface area contributed by atoms with Crippen molar-refractivity contribution >= 4 is 11.5 Å². The molecule has 1 fully saturated rings. The molecule has 0 spiro atoms. The Hall–Kier alpha value is -2.58. The van der Waals surface area contributed by atoms with Gasteiger partial charge in [0.05, 0.1) is 25.1 Å². The van der Waals surface area contributed by atoms with Gasteiger partial charge in [0.25, 0.3) is 0 Å². The molecule has 1 atom stereocenters. The summed E-state index contributed by atoms with van der Waals surface area (Å²) in [5.41, 5.74) is 1.95. The van der Waals surface area contributed by atoms with Crippen molar-refractivity contribution < 1.29 is 4.74 Å². The Balaban J connectivity index is 1.36. The third-order valence-electron chi connectivity index (χ3n) is 4.09. The molecule has 1 aromatic carbocycles. The van der Waals surface area contributed by atoms with Crippen LogP contribution in [0.5, 0.6) is 0 Å². The first kappa shape index (κ1) is 15.0. The van der Waals surface area contributed by atoms with Crippen LogP contribution in [-0.2, 0) is 11.3 Å². The van der Waals surface area contributed by atoms with Gasteiger partial charge in [0.2, 0.25) is 0 Å². The average molecular weight is 325 g/mol. The van der Waals surface area contributed by atoms with E-state index in [4.69, 9.17) is 4.74 Å². The van der Waals surface area contributed by atoms with Crippen LogP contribution in [0.4, 0.5) is 5.82 Å². The minimum atomic E-state index is 0.120. The summed E-state index contributed by atoms with van der Waals surface area (Å²) in [5.74, 6) is 0.765. The molecule has 4 rings (SSSR count). The standard InChI is InChI=1S/C16H19N7O/c1-2-4-13(5-3-1)11-22-6-7-24-14(12-22)8-18-15-9-17-10-16-19-20-21-23(15)16/h1-5,9-10,14,18H,6-8,11-12H2/t14-/m1/s1. The van der Waals surface area contributed by atoms with E-state index in [2.05, 4.69) is 55.0 Å². The van der Waals surface area contributed by atoms with Crippen molar-refractivity contribution in [3.63, 3.8) is 0 Å². The number of rotatable bonds is 5. The lowest BCUT2D eigenvalue weighted by atomic mass is 10.2. The van der Waals surface area contributed by atoms with Crippen LogP contribution in [0.3, 0.4) is 0 Å². The van der Waals surface area contributed by atoms with Gasteiger partial charge in [0.1, 0.15) is 0 Å². The molecular weight excluding hydrogens is 306 g/mol. The third-order valence-corrected chi connectivity index (χ3v) is 4.09. The van der Waals surface area contributed by atoms with Crippen LogP contribution in [0.1, 0.15) is 5.56 Å². The Labute approximate surface area is 139 Å². The van der Waals surface area contributed by atoms with E-state index < -0.39 is 0 Å². The number of fused-ring (bicyclic) bond motifs is 1. The molecule has 0 radical (unpaired) electrons. The summed E-state index contributed by atoms with van der Waals surface area (Å²) in [6, 6.07) is 10.5. The molecule has 0 amide bonds. The predicted octanol–water partition coefficient (Wildman–Crippen LogP) is 0.832. The van der Waals surface area contributed by atoms with Crippen molar-refractivity contribution in [1.29, 1.82) is 0 Å². The number of benzene rings is 1. The largest absolute Gasteiger partial charge is 0.374 e. The second-order valence-corrected chi connectivity index (χ2v) is 5.84. The number of hydrogen-bond donors (Lipinski definition) is 1. The van der Waals surface area contributed by atoms with Gasteiger partial charge in [-0.25, -0.2) is 0 Å². The topological polar surface area (TPSA) is 80.5 Å². The van der Waals surface area contributed by atoms with Crippen LogP contribution >= 0.6 is 0 Å². The first-order valence-electron chi connectivity index (χ1n) is 8.02. The smallest absolute Gasteiger partial charge is 0.199 e. The average Bonchev–Trinajstić information content (AvgIpc) is 3.10. The fourth-order valence-corrected chi connectivity index (χ4v) is 2.90. The van der Waals surface area contributed by atoms with Crippen molar-refractivity contribution in [1.82, 2.24) is 29.9 Å². The number of hydrogen-bond acceptors (Lipinski definition) is 7. The number of anilines is 1. The van der Waals surface area contributed by atoms with Gasteiger partial charge in [-0.1, -0.05) is 30.3 Å². The van der Waals surface area contributed by atoms with Crippen molar-refractivity contribution in [3.05, 3.63) is 48.3 Å². The molecule has 1 aliphatic rings. The maximum Gasteiger partial charge on any atom is 0.199 e. The van der Waals surface area contributed by atoms with Gasteiger partial charge in [-0.15, -0.1) is 5.10 Å². The molecule has 0 aliphatic carbocycles. The summed E-state index contributed by atoms with van der Waals surface area (Å²) in [6.07, 6.45) is 3.46. The van der Waals surface area contributed by atoms with Crippen LogP contribution in [0.2, 0.25) is 0 Å². The highest BCUT2D eigenvalue weighted by Gasteiger charge is 2.20. The number of nitrogens with zero attached hydrogens (tertiary/aromatic N) is 6. The van der Waals surface area contributed by atoms with E-state index in [1.54, 1.807) is 16.9 Å². The Morgan fingerprint density at radius 2 is 2.12 bits per heavy atom. The lowest BCUT2D eigenvalue weighted by molar-refractivity contribution is -0.0240. The second-order valence-electron chi connectivity index (χ2n) is 5.84. The fraction of sp³-hybridized carbons (Fsp3) is 0.375. The SMILES string of the molecule is c1ccc(CN2CCO[C@H](CNc3cncc4nnnn34)C2)cc1. The van der Waals surface area contributed by atoms with Gasteiger partial charge in [-0.05, 0) is 16.0 Å². The van der Waals surface area contributed by atoms with Gasteiger partial charge < -0.3 is 10.1 Å². The molecule has 124 valence electrons. The summed E-state index contributed by atoms with van der Waals surface area (Å²) < 4.78 is 7.51. The lowest BCUT2D eigenvalue weighted by Crippen LogP contribution is -2.44. The number of nitrogens with one attached hydrogen (secondary N) is 1. The fourth-order valence-electron chi connectivity index (χ4n) is 2.90. The Morgan fingerprint density at radius 1 is 1.21 bits per heavy atom. The number of morpholine rings is 1. The molecule has 1 N–H and O–H groups in total. The molecule has 0 unspecified atom stereocenters. The van der Waals surface area contributed by atoms with Gasteiger partial charge >= 0.3 is 0 Å². The minimum absolute atomic E-state index is 0.120. The zero-order valence-electron chi connectivity index (χ0n) is 13.2. The molecule has 3 aromatic rings. The highest BCUT2D eigenvalue weighted by molar-refractivity contribution is 5.43. The Bertz CT molecular complexity index is 791. The number of ether oxygens (including phenoxy) is 1. The summed E-state index contributed by atoms with van der Waals surface area (Å²) in [6.45, 7) is 4.22. The summed E-state index contributed by atoms with van der Waals surface area (Å²) in [4.78, 5) is 6.56. The maximum atomic E-state index is 5.88.